The van der Waals surface area contributed by atoms with Crippen LogP contribution in [0.5, 0.6) is 0 Å². The molecule has 0 aromatic carbocycles. The Kier molecular flexibility index (Phi) is 6.69. The van der Waals surface area contributed by atoms with Crippen LogP contribution in [0.1, 0.15) is 12.8 Å². The van der Waals surface area contributed by atoms with Crippen LogP contribution in [0.4, 0.5) is 0 Å². The SMILES string of the molecule is CSCCCCNS(=O)(=O)c1cnn(CCO)c1. The van der Waals surface area contributed by atoms with E-state index in [0.717, 1.165) is 18.6 Å². The van der Waals surface area contributed by atoms with Crippen molar-refractivity contribution in [2.45, 2.75) is 24.3 Å². The van der Waals surface area contributed by atoms with Gasteiger partial charge < -0.3 is 5.11 Å². The van der Waals surface area contributed by atoms with E-state index in [-0.39, 0.29) is 11.5 Å². The molecule has 8 heteroatoms. The molecular weight excluding hydrogens is 274 g/mol. The lowest BCUT2D eigenvalue weighted by Gasteiger charge is -2.03. The van der Waals surface area contributed by atoms with Gasteiger partial charge in [0.2, 0.25) is 10.0 Å². The molecule has 0 spiro atoms. The van der Waals surface area contributed by atoms with Gasteiger partial charge in [-0.05, 0) is 24.9 Å². The topological polar surface area (TPSA) is 84.2 Å². The largest absolute Gasteiger partial charge is 0.394 e. The van der Waals surface area contributed by atoms with E-state index >= 15 is 0 Å². The maximum atomic E-state index is 11.9. The Morgan fingerprint density at radius 2 is 2.28 bits per heavy atom. The van der Waals surface area contributed by atoms with Crippen molar-refractivity contribution in [2.75, 3.05) is 25.2 Å². The number of nitrogens with one attached hydrogen (secondary N) is 1. The fraction of sp³-hybridized carbons (Fsp3) is 0.700. The molecule has 0 atom stereocenters. The minimum atomic E-state index is -3.47. The number of aromatic nitrogens is 2. The van der Waals surface area contributed by atoms with Gasteiger partial charge in [-0.25, -0.2) is 13.1 Å². The first-order valence-electron chi connectivity index (χ1n) is 5.72. The third kappa shape index (κ3) is 4.97. The highest BCUT2D eigenvalue weighted by molar-refractivity contribution is 7.98. The average molecular weight is 293 g/mol. The maximum Gasteiger partial charge on any atom is 0.243 e. The van der Waals surface area contributed by atoms with E-state index in [1.165, 1.54) is 17.1 Å². The highest BCUT2D eigenvalue weighted by Gasteiger charge is 2.15. The quantitative estimate of drug-likeness (QED) is 0.640. The van der Waals surface area contributed by atoms with Gasteiger partial charge in [0.25, 0.3) is 0 Å². The summed E-state index contributed by atoms with van der Waals surface area (Å²) in [5, 5.41) is 12.6. The molecule has 1 heterocycles. The van der Waals surface area contributed by atoms with Crippen LogP contribution in [-0.4, -0.2) is 48.5 Å². The zero-order chi connectivity index (χ0) is 13.4. The first kappa shape index (κ1) is 15.5. The van der Waals surface area contributed by atoms with Crippen molar-refractivity contribution in [1.82, 2.24) is 14.5 Å². The van der Waals surface area contributed by atoms with Gasteiger partial charge in [-0.1, -0.05) is 0 Å². The fourth-order valence-corrected chi connectivity index (χ4v) is 2.89. The standard InChI is InChI=1S/C10H19N3O3S2/c1-17-7-3-2-4-12-18(15,16)10-8-11-13(9-10)5-6-14/h8-9,12,14H,2-7H2,1H3. The Morgan fingerprint density at radius 1 is 1.50 bits per heavy atom. The summed E-state index contributed by atoms with van der Waals surface area (Å²) < 4.78 is 27.6. The van der Waals surface area contributed by atoms with Gasteiger partial charge in [-0.3, -0.25) is 4.68 Å². The van der Waals surface area contributed by atoms with E-state index in [1.807, 2.05) is 6.26 Å². The van der Waals surface area contributed by atoms with E-state index in [9.17, 15) is 8.42 Å². The Balaban J connectivity index is 2.46. The summed E-state index contributed by atoms with van der Waals surface area (Å²) in [6.45, 7) is 0.667. The van der Waals surface area contributed by atoms with Gasteiger partial charge >= 0.3 is 0 Å². The Hall–Kier alpha value is -0.570. The molecule has 0 fully saturated rings. The van der Waals surface area contributed by atoms with E-state index in [1.54, 1.807) is 11.8 Å². The maximum absolute atomic E-state index is 11.9. The zero-order valence-corrected chi connectivity index (χ0v) is 12.0. The average Bonchev–Trinajstić information content (AvgIpc) is 2.79. The number of unbranched alkanes of at least 4 members (excludes halogenated alkanes) is 1. The molecule has 1 aromatic heterocycles. The molecule has 0 aliphatic rings. The lowest BCUT2D eigenvalue weighted by Crippen LogP contribution is -2.24. The van der Waals surface area contributed by atoms with E-state index in [0.29, 0.717) is 13.1 Å². The second-order valence-electron chi connectivity index (χ2n) is 3.76. The second kappa shape index (κ2) is 7.78. The van der Waals surface area contributed by atoms with Gasteiger partial charge in [-0.2, -0.15) is 16.9 Å². The molecular formula is C10H19N3O3S2. The number of thioether (sulfide) groups is 1. The summed E-state index contributed by atoms with van der Waals surface area (Å²) in [6.07, 6.45) is 6.55. The molecule has 6 nitrogen and oxygen atoms in total. The second-order valence-corrected chi connectivity index (χ2v) is 6.51. The number of hydrogen-bond donors (Lipinski definition) is 2. The van der Waals surface area contributed by atoms with Crippen LogP contribution >= 0.6 is 11.8 Å². The van der Waals surface area contributed by atoms with Crippen molar-refractivity contribution in [3.63, 3.8) is 0 Å². The molecule has 0 aliphatic carbocycles. The molecule has 0 unspecified atom stereocenters. The predicted octanol–water partition coefficient (Wildman–Crippen LogP) is 0.297. The molecule has 0 amide bonds. The van der Waals surface area contributed by atoms with Crippen molar-refractivity contribution in [3.8, 4) is 0 Å². The number of hydrogen-bond acceptors (Lipinski definition) is 5. The smallest absolute Gasteiger partial charge is 0.243 e. The van der Waals surface area contributed by atoms with Gasteiger partial charge in [0, 0.05) is 12.7 Å². The zero-order valence-electron chi connectivity index (χ0n) is 10.4. The number of aliphatic hydroxyl groups is 1. The number of aliphatic hydroxyl groups excluding tert-OH is 1. The lowest BCUT2D eigenvalue weighted by molar-refractivity contribution is 0.269. The summed E-state index contributed by atoms with van der Waals surface area (Å²) in [6, 6.07) is 0. The summed E-state index contributed by atoms with van der Waals surface area (Å²) in [5.41, 5.74) is 0. The first-order chi connectivity index (χ1) is 8.60. The number of nitrogens with zero attached hydrogens (tertiary/aromatic N) is 2. The molecule has 18 heavy (non-hydrogen) atoms. The summed E-state index contributed by atoms with van der Waals surface area (Å²) >= 11 is 1.75. The third-order valence-corrected chi connectivity index (χ3v) is 4.43. The molecule has 1 rings (SSSR count). The van der Waals surface area contributed by atoms with Crippen LogP contribution in [0.3, 0.4) is 0 Å². The predicted molar refractivity (Wildman–Crippen MR) is 72.1 cm³/mol. The van der Waals surface area contributed by atoms with Crippen molar-refractivity contribution < 1.29 is 13.5 Å². The van der Waals surface area contributed by atoms with Gasteiger partial charge in [0.15, 0.2) is 0 Å². The fourth-order valence-electron chi connectivity index (χ4n) is 1.37. The van der Waals surface area contributed by atoms with Crippen molar-refractivity contribution in [1.29, 1.82) is 0 Å². The van der Waals surface area contributed by atoms with Crippen LogP contribution in [0.2, 0.25) is 0 Å². The van der Waals surface area contributed by atoms with Crippen LogP contribution in [0, 0.1) is 0 Å². The van der Waals surface area contributed by atoms with Crippen LogP contribution in [0.15, 0.2) is 17.3 Å². The molecule has 1 aromatic rings. The molecule has 2 N–H and O–H groups in total. The van der Waals surface area contributed by atoms with Gasteiger partial charge in [-0.15, -0.1) is 0 Å². The van der Waals surface area contributed by atoms with Gasteiger partial charge in [0.05, 0.1) is 19.3 Å². The molecule has 104 valence electrons. The van der Waals surface area contributed by atoms with Gasteiger partial charge in [0.1, 0.15) is 4.90 Å². The van der Waals surface area contributed by atoms with E-state index in [2.05, 4.69) is 9.82 Å². The monoisotopic (exact) mass is 293 g/mol. The molecule has 0 bridgehead atoms. The Labute approximate surface area is 112 Å². The molecule has 0 saturated carbocycles. The summed E-state index contributed by atoms with van der Waals surface area (Å²) in [5.74, 6) is 1.04. The van der Waals surface area contributed by atoms with Crippen molar-refractivity contribution in [3.05, 3.63) is 12.4 Å². The van der Waals surface area contributed by atoms with Crippen LogP contribution in [-0.2, 0) is 16.6 Å². The highest BCUT2D eigenvalue weighted by atomic mass is 32.2. The molecule has 0 radical (unpaired) electrons. The van der Waals surface area contributed by atoms with Crippen molar-refractivity contribution >= 4 is 21.8 Å². The lowest BCUT2D eigenvalue weighted by atomic mass is 10.3. The number of sulfonamides is 1. The first-order valence-corrected chi connectivity index (χ1v) is 8.60. The molecule has 0 aliphatic heterocycles. The molecule has 0 saturated heterocycles. The van der Waals surface area contributed by atoms with Crippen molar-refractivity contribution in [2.24, 2.45) is 0 Å². The number of rotatable bonds is 9. The minimum Gasteiger partial charge on any atom is -0.394 e. The third-order valence-electron chi connectivity index (χ3n) is 2.32. The van der Waals surface area contributed by atoms with Crippen LogP contribution in [0.25, 0.3) is 0 Å². The highest BCUT2D eigenvalue weighted by Crippen LogP contribution is 2.07. The summed E-state index contributed by atoms with van der Waals surface area (Å²) in [7, 11) is -3.47. The van der Waals surface area contributed by atoms with Crippen LogP contribution < -0.4 is 4.72 Å². The van der Waals surface area contributed by atoms with E-state index in [4.69, 9.17) is 5.11 Å². The normalized spacial score (nSPS) is 11.9. The Bertz CT molecular complexity index is 445. The van der Waals surface area contributed by atoms with E-state index < -0.39 is 10.0 Å². The summed E-state index contributed by atoms with van der Waals surface area (Å²) in [4.78, 5) is 0.140. The minimum absolute atomic E-state index is 0.0662. The Morgan fingerprint density at radius 3 is 2.94 bits per heavy atom.